The maximum atomic E-state index is 11.4. The van der Waals surface area contributed by atoms with Crippen molar-refractivity contribution in [2.24, 2.45) is 5.84 Å². The number of carbonyl (C=O) groups excluding carboxylic acids is 1. The van der Waals surface area contributed by atoms with Crippen molar-refractivity contribution < 1.29 is 4.79 Å². The van der Waals surface area contributed by atoms with E-state index in [1.54, 1.807) is 6.92 Å². The second kappa shape index (κ2) is 6.62. The van der Waals surface area contributed by atoms with Crippen LogP contribution in [0.25, 0.3) is 0 Å². The van der Waals surface area contributed by atoms with Crippen molar-refractivity contribution in [3.63, 3.8) is 0 Å². The van der Waals surface area contributed by atoms with Crippen LogP contribution in [-0.2, 0) is 11.3 Å². The van der Waals surface area contributed by atoms with Crippen LogP contribution in [0.2, 0.25) is 0 Å². The van der Waals surface area contributed by atoms with Crippen molar-refractivity contribution in [3.8, 4) is 0 Å². The summed E-state index contributed by atoms with van der Waals surface area (Å²) in [4.78, 5) is 24.4. The summed E-state index contributed by atoms with van der Waals surface area (Å²) < 4.78 is 0. The first-order valence-electron chi connectivity index (χ1n) is 6.87. The zero-order valence-corrected chi connectivity index (χ0v) is 12.1. The molecule has 1 saturated heterocycles. The number of hydrogen-bond donors (Lipinski definition) is 2. The molecule has 1 aromatic rings. The van der Waals surface area contributed by atoms with Crippen LogP contribution >= 0.6 is 0 Å². The van der Waals surface area contributed by atoms with Crippen LogP contribution in [0.3, 0.4) is 0 Å². The number of nitrogens with zero attached hydrogens (tertiary/aromatic N) is 4. The molecular weight excluding hydrogens is 256 g/mol. The van der Waals surface area contributed by atoms with Crippen LogP contribution in [0.4, 0.5) is 5.82 Å². The highest BCUT2D eigenvalue weighted by Gasteiger charge is 2.17. The summed E-state index contributed by atoms with van der Waals surface area (Å²) in [7, 11) is 0. The third-order valence-corrected chi connectivity index (χ3v) is 3.45. The fourth-order valence-electron chi connectivity index (χ4n) is 2.42. The van der Waals surface area contributed by atoms with Gasteiger partial charge in [-0.1, -0.05) is 0 Å². The average molecular weight is 278 g/mol. The molecule has 1 aliphatic rings. The summed E-state index contributed by atoms with van der Waals surface area (Å²) >= 11 is 0. The van der Waals surface area contributed by atoms with Crippen molar-refractivity contribution in [1.82, 2.24) is 19.8 Å². The van der Waals surface area contributed by atoms with E-state index in [1.807, 2.05) is 17.9 Å². The van der Waals surface area contributed by atoms with Gasteiger partial charge in [-0.25, -0.2) is 15.8 Å². The van der Waals surface area contributed by atoms with Gasteiger partial charge in [0.1, 0.15) is 11.6 Å². The van der Waals surface area contributed by atoms with Crippen molar-refractivity contribution in [2.75, 3.05) is 31.6 Å². The van der Waals surface area contributed by atoms with Crippen LogP contribution in [0.1, 0.15) is 24.9 Å². The Labute approximate surface area is 119 Å². The Kier molecular flexibility index (Phi) is 4.86. The molecule has 0 spiro atoms. The minimum Gasteiger partial charge on any atom is -0.342 e. The van der Waals surface area contributed by atoms with E-state index in [-0.39, 0.29) is 5.91 Å². The zero-order chi connectivity index (χ0) is 14.5. The standard InChI is InChI=1S/C13H22N6O/c1-10-8-12(17-14)16-13(15-10)9-18-4-3-5-19(7-6-18)11(2)20/h8H,3-7,9,14H2,1-2H3,(H,15,16,17). The van der Waals surface area contributed by atoms with E-state index < -0.39 is 0 Å². The van der Waals surface area contributed by atoms with Gasteiger partial charge in [0.15, 0.2) is 0 Å². The van der Waals surface area contributed by atoms with E-state index in [0.717, 1.165) is 44.1 Å². The van der Waals surface area contributed by atoms with Crippen molar-refractivity contribution in [1.29, 1.82) is 0 Å². The lowest BCUT2D eigenvalue weighted by Gasteiger charge is -2.20. The quantitative estimate of drug-likeness (QED) is 0.603. The molecule has 1 aliphatic heterocycles. The molecule has 2 heterocycles. The molecule has 0 aliphatic carbocycles. The average Bonchev–Trinajstić information content (AvgIpc) is 2.63. The molecule has 7 nitrogen and oxygen atoms in total. The molecule has 0 saturated carbocycles. The Hall–Kier alpha value is -1.73. The van der Waals surface area contributed by atoms with Gasteiger partial charge >= 0.3 is 0 Å². The van der Waals surface area contributed by atoms with Gasteiger partial charge in [-0.05, 0) is 13.3 Å². The Bertz CT molecular complexity index is 478. The number of nitrogens with one attached hydrogen (secondary N) is 1. The van der Waals surface area contributed by atoms with Gasteiger partial charge in [0.05, 0.1) is 6.54 Å². The molecule has 20 heavy (non-hydrogen) atoms. The van der Waals surface area contributed by atoms with Gasteiger partial charge < -0.3 is 10.3 Å². The fourth-order valence-corrected chi connectivity index (χ4v) is 2.42. The SMILES string of the molecule is CC(=O)N1CCCN(Cc2nc(C)cc(NN)n2)CC1. The summed E-state index contributed by atoms with van der Waals surface area (Å²) in [5.74, 6) is 6.94. The summed E-state index contributed by atoms with van der Waals surface area (Å²) in [5, 5.41) is 0. The molecule has 3 N–H and O–H groups in total. The summed E-state index contributed by atoms with van der Waals surface area (Å²) in [6.45, 7) is 7.63. The van der Waals surface area contributed by atoms with Crippen LogP contribution in [0.15, 0.2) is 6.07 Å². The molecule has 1 fully saturated rings. The molecule has 0 unspecified atom stereocenters. The van der Waals surface area contributed by atoms with Gasteiger partial charge in [-0.3, -0.25) is 9.69 Å². The third-order valence-electron chi connectivity index (χ3n) is 3.45. The number of nitrogens with two attached hydrogens (primary N) is 1. The maximum Gasteiger partial charge on any atom is 0.219 e. The van der Waals surface area contributed by atoms with Crippen LogP contribution in [-0.4, -0.2) is 51.9 Å². The first-order chi connectivity index (χ1) is 9.58. The largest absolute Gasteiger partial charge is 0.342 e. The fraction of sp³-hybridized carbons (Fsp3) is 0.615. The molecule has 0 atom stereocenters. The maximum absolute atomic E-state index is 11.4. The predicted molar refractivity (Wildman–Crippen MR) is 76.7 cm³/mol. The van der Waals surface area contributed by atoms with Gasteiger partial charge in [0.25, 0.3) is 0 Å². The van der Waals surface area contributed by atoms with Gasteiger partial charge in [-0.15, -0.1) is 0 Å². The van der Waals surface area contributed by atoms with Crippen LogP contribution in [0.5, 0.6) is 0 Å². The van der Waals surface area contributed by atoms with Crippen molar-refractivity contribution in [3.05, 3.63) is 17.6 Å². The minimum atomic E-state index is 0.147. The molecule has 1 aromatic heterocycles. The first-order valence-corrected chi connectivity index (χ1v) is 6.87. The van der Waals surface area contributed by atoms with E-state index in [9.17, 15) is 4.79 Å². The highest BCUT2D eigenvalue weighted by molar-refractivity contribution is 5.73. The number of hydrazine groups is 1. The summed E-state index contributed by atoms with van der Waals surface area (Å²) in [5.41, 5.74) is 3.45. The molecule has 7 heteroatoms. The van der Waals surface area contributed by atoms with Gasteiger partial charge in [0.2, 0.25) is 5.91 Å². The normalized spacial score (nSPS) is 16.9. The minimum absolute atomic E-state index is 0.147. The van der Waals surface area contributed by atoms with Crippen LogP contribution in [0, 0.1) is 6.92 Å². The predicted octanol–water partition coefficient (Wildman–Crippen LogP) is 0.125. The molecule has 0 aromatic carbocycles. The first kappa shape index (κ1) is 14.7. The molecule has 110 valence electrons. The van der Waals surface area contributed by atoms with Crippen molar-refractivity contribution in [2.45, 2.75) is 26.8 Å². The second-order valence-corrected chi connectivity index (χ2v) is 5.09. The van der Waals surface area contributed by atoms with E-state index in [2.05, 4.69) is 20.3 Å². The van der Waals surface area contributed by atoms with E-state index in [4.69, 9.17) is 5.84 Å². The van der Waals surface area contributed by atoms with Crippen LogP contribution < -0.4 is 11.3 Å². The summed E-state index contributed by atoms with van der Waals surface area (Å²) in [6, 6.07) is 1.81. The third kappa shape index (κ3) is 3.88. The van der Waals surface area contributed by atoms with Crippen molar-refractivity contribution >= 4 is 11.7 Å². The lowest BCUT2D eigenvalue weighted by atomic mass is 10.3. The second-order valence-electron chi connectivity index (χ2n) is 5.09. The zero-order valence-electron chi connectivity index (χ0n) is 12.1. The monoisotopic (exact) mass is 278 g/mol. The van der Waals surface area contributed by atoms with Gasteiger partial charge in [-0.2, -0.15) is 0 Å². The number of nitrogen functional groups attached to an aromatic ring is 1. The highest BCUT2D eigenvalue weighted by Crippen LogP contribution is 2.09. The lowest BCUT2D eigenvalue weighted by Crippen LogP contribution is -2.33. The van der Waals surface area contributed by atoms with E-state index in [0.29, 0.717) is 12.4 Å². The number of carbonyl (C=O) groups is 1. The Balaban J connectivity index is 1.99. The Morgan fingerprint density at radius 2 is 2.15 bits per heavy atom. The van der Waals surface area contributed by atoms with E-state index >= 15 is 0 Å². The Morgan fingerprint density at radius 1 is 1.35 bits per heavy atom. The highest BCUT2D eigenvalue weighted by atomic mass is 16.2. The number of amides is 1. The number of rotatable bonds is 3. The number of anilines is 1. The molecular formula is C13H22N6O. The lowest BCUT2D eigenvalue weighted by molar-refractivity contribution is -0.128. The Morgan fingerprint density at radius 3 is 2.85 bits per heavy atom. The number of aryl methyl sites for hydroxylation is 1. The molecule has 0 radical (unpaired) electrons. The smallest absolute Gasteiger partial charge is 0.219 e. The molecule has 1 amide bonds. The van der Waals surface area contributed by atoms with E-state index in [1.165, 1.54) is 0 Å². The number of aromatic nitrogens is 2. The summed E-state index contributed by atoms with van der Waals surface area (Å²) in [6.07, 6.45) is 0.980. The molecule has 2 rings (SSSR count). The van der Waals surface area contributed by atoms with Gasteiger partial charge in [0, 0.05) is 44.9 Å². The number of hydrogen-bond acceptors (Lipinski definition) is 6. The topological polar surface area (TPSA) is 87.4 Å². The molecule has 0 bridgehead atoms.